The lowest BCUT2D eigenvalue weighted by molar-refractivity contribution is 0.296. The van der Waals surface area contributed by atoms with E-state index in [4.69, 9.17) is 31.4 Å². The van der Waals surface area contributed by atoms with Crippen molar-refractivity contribution < 1.29 is 14.2 Å². The Kier molecular flexibility index (Phi) is 6.20. The van der Waals surface area contributed by atoms with Crippen LogP contribution in [0, 0.1) is 5.92 Å². The lowest BCUT2D eigenvalue weighted by Crippen LogP contribution is -2.06. The molecule has 0 unspecified atom stereocenters. The van der Waals surface area contributed by atoms with Gasteiger partial charge in [-0.2, -0.15) is 4.98 Å². The fourth-order valence-electron chi connectivity index (χ4n) is 3.59. The maximum Gasteiger partial charge on any atom is 0.221 e. The first-order valence-corrected chi connectivity index (χ1v) is 10.7. The normalized spacial score (nSPS) is 13.1. The maximum absolute atomic E-state index is 6.29. The van der Waals surface area contributed by atoms with Crippen molar-refractivity contribution in [2.24, 2.45) is 5.92 Å². The van der Waals surface area contributed by atoms with Crippen molar-refractivity contribution in [2.75, 3.05) is 37.5 Å². The Morgan fingerprint density at radius 1 is 1.00 bits per heavy atom. The molecule has 6 N–H and O–H groups in total. The second kappa shape index (κ2) is 9.21. The van der Waals surface area contributed by atoms with Gasteiger partial charge in [0.15, 0.2) is 0 Å². The zero-order valence-electron chi connectivity index (χ0n) is 18.4. The van der Waals surface area contributed by atoms with Gasteiger partial charge in [0.25, 0.3) is 0 Å². The van der Waals surface area contributed by atoms with Gasteiger partial charge in [-0.1, -0.05) is 6.07 Å². The summed E-state index contributed by atoms with van der Waals surface area (Å²) < 4.78 is 17.7. The van der Waals surface area contributed by atoms with Gasteiger partial charge in [0, 0.05) is 18.2 Å². The van der Waals surface area contributed by atoms with E-state index in [1.54, 1.807) is 13.3 Å². The van der Waals surface area contributed by atoms with Crippen molar-refractivity contribution >= 4 is 17.5 Å². The second-order valence-electron chi connectivity index (χ2n) is 7.93. The summed E-state index contributed by atoms with van der Waals surface area (Å²) in [7, 11) is 1.60. The molecule has 1 fully saturated rings. The SMILES string of the molecule is CCOc1cc(Cc2cnc(N)nc2N)cc(OCC2CC2)c1-c1ccc(OC)c(N)c1. The molecule has 0 radical (unpaired) electrons. The molecule has 1 aliphatic carbocycles. The molecule has 1 heterocycles. The van der Waals surface area contributed by atoms with Crippen LogP contribution >= 0.6 is 0 Å². The molecule has 32 heavy (non-hydrogen) atoms. The van der Waals surface area contributed by atoms with Gasteiger partial charge in [-0.25, -0.2) is 4.98 Å². The van der Waals surface area contributed by atoms with Crippen LogP contribution in [0.15, 0.2) is 36.5 Å². The Labute approximate surface area is 187 Å². The summed E-state index contributed by atoms with van der Waals surface area (Å²) >= 11 is 0. The molecule has 4 rings (SSSR count). The molecule has 1 saturated carbocycles. The van der Waals surface area contributed by atoms with Gasteiger partial charge in [-0.3, -0.25) is 0 Å². The average molecular weight is 436 g/mol. The van der Waals surface area contributed by atoms with E-state index in [1.807, 2.05) is 37.3 Å². The van der Waals surface area contributed by atoms with Crippen molar-refractivity contribution in [3.8, 4) is 28.4 Å². The average Bonchev–Trinajstić information content (AvgIpc) is 3.59. The van der Waals surface area contributed by atoms with E-state index in [0.717, 1.165) is 33.8 Å². The zero-order chi connectivity index (χ0) is 22.7. The summed E-state index contributed by atoms with van der Waals surface area (Å²) in [4.78, 5) is 8.14. The van der Waals surface area contributed by atoms with E-state index >= 15 is 0 Å². The first-order chi connectivity index (χ1) is 15.5. The molecule has 0 amide bonds. The number of anilines is 3. The Hall–Kier alpha value is -3.68. The summed E-state index contributed by atoms with van der Waals surface area (Å²) in [5, 5.41) is 0. The summed E-state index contributed by atoms with van der Waals surface area (Å²) in [6.45, 7) is 3.13. The van der Waals surface area contributed by atoms with Crippen molar-refractivity contribution in [2.45, 2.75) is 26.2 Å². The highest BCUT2D eigenvalue weighted by atomic mass is 16.5. The Morgan fingerprint density at radius 2 is 1.75 bits per heavy atom. The fraction of sp³-hybridized carbons (Fsp3) is 0.333. The molecule has 168 valence electrons. The molecule has 8 nitrogen and oxygen atoms in total. The maximum atomic E-state index is 6.29. The standard InChI is InChI=1S/C24H29N5O3/c1-3-31-20-9-15(8-17-12-28-24(27)29-23(17)26)10-21(32-13-14-4-5-14)22(20)16-6-7-19(30-2)18(25)11-16/h6-7,9-12,14H,3-5,8,13,25H2,1-2H3,(H4,26,27,28,29). The van der Waals surface area contributed by atoms with Crippen LogP contribution in [0.25, 0.3) is 11.1 Å². The highest BCUT2D eigenvalue weighted by Crippen LogP contribution is 2.43. The smallest absolute Gasteiger partial charge is 0.221 e. The molecular weight excluding hydrogens is 406 g/mol. The monoisotopic (exact) mass is 435 g/mol. The third-order valence-electron chi connectivity index (χ3n) is 5.43. The minimum absolute atomic E-state index is 0.155. The minimum Gasteiger partial charge on any atom is -0.495 e. The molecule has 1 aliphatic rings. The molecule has 3 aromatic rings. The van der Waals surface area contributed by atoms with Crippen LogP contribution in [0.4, 0.5) is 17.5 Å². The van der Waals surface area contributed by atoms with Gasteiger partial charge in [-0.15, -0.1) is 0 Å². The predicted octanol–water partition coefficient (Wildman–Crippen LogP) is 3.68. The largest absolute Gasteiger partial charge is 0.495 e. The van der Waals surface area contributed by atoms with Crippen LogP contribution in [0.3, 0.4) is 0 Å². The number of nitrogen functional groups attached to an aromatic ring is 3. The molecule has 8 heteroatoms. The van der Waals surface area contributed by atoms with Gasteiger partial charge < -0.3 is 31.4 Å². The number of methoxy groups -OCH3 is 1. The minimum atomic E-state index is 0.155. The topological polar surface area (TPSA) is 132 Å². The van der Waals surface area contributed by atoms with Crippen molar-refractivity contribution in [1.29, 1.82) is 0 Å². The van der Waals surface area contributed by atoms with Crippen LogP contribution in [0.2, 0.25) is 0 Å². The van der Waals surface area contributed by atoms with E-state index in [1.165, 1.54) is 12.8 Å². The van der Waals surface area contributed by atoms with Gasteiger partial charge in [0.05, 0.1) is 31.6 Å². The predicted molar refractivity (Wildman–Crippen MR) is 126 cm³/mol. The lowest BCUT2D eigenvalue weighted by atomic mass is 9.97. The van der Waals surface area contributed by atoms with Crippen LogP contribution < -0.4 is 31.4 Å². The summed E-state index contributed by atoms with van der Waals surface area (Å²) in [6, 6.07) is 9.72. The number of hydrogen-bond donors (Lipinski definition) is 3. The third-order valence-corrected chi connectivity index (χ3v) is 5.43. The van der Waals surface area contributed by atoms with Gasteiger partial charge in [0.2, 0.25) is 5.95 Å². The molecule has 0 aliphatic heterocycles. The lowest BCUT2D eigenvalue weighted by Gasteiger charge is -2.19. The Bertz CT molecular complexity index is 1120. The van der Waals surface area contributed by atoms with E-state index in [9.17, 15) is 0 Å². The number of nitrogens with zero attached hydrogens (tertiary/aromatic N) is 2. The van der Waals surface area contributed by atoms with Gasteiger partial charge >= 0.3 is 0 Å². The van der Waals surface area contributed by atoms with Crippen molar-refractivity contribution in [3.05, 3.63) is 47.7 Å². The molecule has 0 saturated heterocycles. The molecule has 0 bridgehead atoms. The summed E-state index contributed by atoms with van der Waals surface area (Å²) in [5.74, 6) is 3.21. The fourth-order valence-corrected chi connectivity index (χ4v) is 3.59. The molecule has 0 spiro atoms. The number of rotatable bonds is 9. The second-order valence-corrected chi connectivity index (χ2v) is 7.93. The quantitative estimate of drug-likeness (QED) is 0.434. The highest BCUT2D eigenvalue weighted by Gasteiger charge is 2.24. The van der Waals surface area contributed by atoms with E-state index in [-0.39, 0.29) is 5.95 Å². The Balaban J connectivity index is 1.78. The van der Waals surface area contributed by atoms with Crippen LogP contribution in [0.5, 0.6) is 17.2 Å². The van der Waals surface area contributed by atoms with Gasteiger partial charge in [0.1, 0.15) is 23.1 Å². The van der Waals surface area contributed by atoms with Gasteiger partial charge in [-0.05, 0) is 61.1 Å². The van der Waals surface area contributed by atoms with E-state index < -0.39 is 0 Å². The number of ether oxygens (including phenoxy) is 3. The first-order valence-electron chi connectivity index (χ1n) is 10.7. The van der Waals surface area contributed by atoms with E-state index in [2.05, 4.69) is 9.97 Å². The number of nitrogens with two attached hydrogens (primary N) is 3. The number of aromatic nitrogens is 2. The van der Waals surface area contributed by atoms with Crippen LogP contribution in [0.1, 0.15) is 30.9 Å². The summed E-state index contributed by atoms with van der Waals surface area (Å²) in [6.07, 6.45) is 4.57. The highest BCUT2D eigenvalue weighted by molar-refractivity contribution is 5.80. The summed E-state index contributed by atoms with van der Waals surface area (Å²) in [5.41, 5.74) is 22.0. The van der Waals surface area contributed by atoms with Crippen molar-refractivity contribution in [3.63, 3.8) is 0 Å². The Morgan fingerprint density at radius 3 is 2.38 bits per heavy atom. The molecule has 0 atom stereocenters. The van der Waals surface area contributed by atoms with Crippen LogP contribution in [-0.4, -0.2) is 30.3 Å². The molecule has 1 aromatic heterocycles. The van der Waals surface area contributed by atoms with Crippen molar-refractivity contribution in [1.82, 2.24) is 9.97 Å². The van der Waals surface area contributed by atoms with E-state index in [0.29, 0.717) is 42.8 Å². The molecule has 2 aromatic carbocycles. The zero-order valence-corrected chi connectivity index (χ0v) is 18.4. The number of hydrogen-bond acceptors (Lipinski definition) is 8. The third kappa shape index (κ3) is 4.80. The van der Waals surface area contributed by atoms with Crippen LogP contribution in [-0.2, 0) is 6.42 Å². The number of benzene rings is 2. The first kappa shape index (κ1) is 21.5. The molecular formula is C24H29N5O3.